The van der Waals surface area contributed by atoms with Crippen molar-refractivity contribution >= 4 is 5.97 Å². The van der Waals surface area contributed by atoms with Gasteiger partial charge in [-0.25, -0.2) is 0 Å². The molecule has 0 aliphatic carbocycles. The van der Waals surface area contributed by atoms with Crippen molar-refractivity contribution in [2.24, 2.45) is 5.41 Å². The topological polar surface area (TPSA) is 26.3 Å². The van der Waals surface area contributed by atoms with E-state index in [-0.39, 0.29) is 23.0 Å². The molecule has 0 spiro atoms. The van der Waals surface area contributed by atoms with Crippen molar-refractivity contribution in [3.8, 4) is 0 Å². The number of esters is 1. The first-order valence-corrected chi connectivity index (χ1v) is 2.45. The van der Waals surface area contributed by atoms with Crippen molar-refractivity contribution in [3.05, 3.63) is 7.11 Å². The predicted octanol–water partition coefficient (Wildman–Crippen LogP) is 1.36. The molecule has 2 nitrogen and oxygen atoms in total. The molecule has 0 rings (SSSR count). The van der Waals surface area contributed by atoms with Gasteiger partial charge in [-0.2, -0.15) is 7.11 Å². The SMILES string of the molecule is [CH2-]OC(=O)C(C)(C)C.[Fe]. The minimum absolute atomic E-state index is 0. The molecule has 0 aromatic carbocycles. The van der Waals surface area contributed by atoms with Gasteiger partial charge in [-0.15, -0.1) is 0 Å². The Balaban J connectivity index is 0. The van der Waals surface area contributed by atoms with E-state index in [2.05, 4.69) is 11.8 Å². The number of rotatable bonds is 0. The van der Waals surface area contributed by atoms with E-state index in [4.69, 9.17) is 0 Å². The number of carbonyl (C=O) groups excluding carboxylic acids is 1. The van der Waals surface area contributed by atoms with E-state index in [9.17, 15) is 4.79 Å². The standard InChI is InChI=1S/C6H11O2.Fe/c1-6(2,3)5(7)8-4;/h4H2,1-3H3;/q-1;. The normalized spacial score (nSPS) is 9.78. The van der Waals surface area contributed by atoms with E-state index in [1.807, 2.05) is 0 Å². The smallest absolute Gasteiger partial charge is 0.279 e. The Hall–Kier alpha value is -0.0105. The van der Waals surface area contributed by atoms with Crippen LogP contribution in [0.1, 0.15) is 20.8 Å². The van der Waals surface area contributed by atoms with Crippen molar-refractivity contribution in [3.63, 3.8) is 0 Å². The molecule has 0 aromatic heterocycles. The van der Waals surface area contributed by atoms with E-state index in [1.54, 1.807) is 20.8 Å². The van der Waals surface area contributed by atoms with Gasteiger partial charge in [0.1, 0.15) is 0 Å². The minimum atomic E-state index is -0.415. The van der Waals surface area contributed by atoms with Crippen LogP contribution in [0.25, 0.3) is 0 Å². The zero-order chi connectivity index (χ0) is 6.78. The molecule has 3 heteroatoms. The van der Waals surface area contributed by atoms with Crippen molar-refractivity contribution in [1.29, 1.82) is 0 Å². The minimum Gasteiger partial charge on any atom is -0.640 e. The van der Waals surface area contributed by atoms with Gasteiger partial charge in [-0.05, 0) is 20.8 Å². The zero-order valence-electron chi connectivity index (χ0n) is 5.88. The maximum atomic E-state index is 10.5. The third-order valence-corrected chi connectivity index (χ3v) is 0.743. The van der Waals surface area contributed by atoms with E-state index < -0.39 is 5.41 Å². The average Bonchev–Trinajstić information content (AvgIpc) is 1.62. The Labute approximate surface area is 66.4 Å². The van der Waals surface area contributed by atoms with E-state index in [0.29, 0.717) is 0 Å². The van der Waals surface area contributed by atoms with Gasteiger partial charge in [0.2, 0.25) is 0 Å². The van der Waals surface area contributed by atoms with Crippen molar-refractivity contribution in [2.75, 3.05) is 0 Å². The molecule has 0 saturated heterocycles. The summed E-state index contributed by atoms with van der Waals surface area (Å²) in [5.74, 6) is -0.280. The van der Waals surface area contributed by atoms with Crippen LogP contribution in [0.4, 0.5) is 0 Å². The van der Waals surface area contributed by atoms with E-state index in [0.717, 1.165) is 0 Å². The summed E-state index contributed by atoms with van der Waals surface area (Å²) >= 11 is 0. The van der Waals surface area contributed by atoms with Gasteiger partial charge in [0.15, 0.2) is 0 Å². The predicted molar refractivity (Wildman–Crippen MR) is 30.9 cm³/mol. The van der Waals surface area contributed by atoms with Gasteiger partial charge in [-0.1, -0.05) is 0 Å². The van der Waals surface area contributed by atoms with Crippen LogP contribution in [-0.4, -0.2) is 5.97 Å². The Kier molecular flexibility index (Phi) is 5.10. The summed E-state index contributed by atoms with van der Waals surface area (Å²) in [6.45, 7) is 5.33. The summed E-state index contributed by atoms with van der Waals surface area (Å²) in [6, 6.07) is 0. The first kappa shape index (κ1) is 11.7. The zero-order valence-corrected chi connectivity index (χ0v) is 6.98. The van der Waals surface area contributed by atoms with E-state index in [1.165, 1.54) is 0 Å². The summed E-state index contributed by atoms with van der Waals surface area (Å²) in [6.07, 6.45) is 0. The summed E-state index contributed by atoms with van der Waals surface area (Å²) in [4.78, 5) is 10.5. The Morgan fingerprint density at radius 1 is 1.44 bits per heavy atom. The summed E-state index contributed by atoms with van der Waals surface area (Å²) < 4.78 is 4.23. The molecule has 9 heavy (non-hydrogen) atoms. The molecule has 0 atom stereocenters. The van der Waals surface area contributed by atoms with Gasteiger partial charge in [0.25, 0.3) is 5.97 Å². The van der Waals surface area contributed by atoms with Gasteiger partial charge < -0.3 is 4.74 Å². The Morgan fingerprint density at radius 2 is 1.78 bits per heavy atom. The molecule has 56 valence electrons. The Bertz CT molecular complexity index is 93.7. The molecule has 0 aliphatic rings. The first-order chi connectivity index (χ1) is 3.48. The fraction of sp³-hybridized carbons (Fsp3) is 0.667. The third-order valence-electron chi connectivity index (χ3n) is 0.743. The number of hydrogen-bond donors (Lipinski definition) is 0. The monoisotopic (exact) mass is 171 g/mol. The second kappa shape index (κ2) is 3.91. The second-order valence-corrected chi connectivity index (χ2v) is 2.68. The van der Waals surface area contributed by atoms with Gasteiger partial charge >= 0.3 is 0 Å². The molecule has 0 fully saturated rings. The van der Waals surface area contributed by atoms with Crippen LogP contribution in [0.15, 0.2) is 0 Å². The molecular weight excluding hydrogens is 160 g/mol. The fourth-order valence-corrected chi connectivity index (χ4v) is 0.217. The maximum Gasteiger partial charge on any atom is 0.279 e. The molecular formula is C6H11FeO2-. The molecule has 0 amide bonds. The molecule has 0 saturated carbocycles. The van der Waals surface area contributed by atoms with Crippen LogP contribution in [-0.2, 0) is 26.6 Å². The van der Waals surface area contributed by atoms with Gasteiger partial charge in [0, 0.05) is 17.1 Å². The largest absolute Gasteiger partial charge is 0.640 e. The molecule has 0 bridgehead atoms. The second-order valence-electron chi connectivity index (χ2n) is 2.68. The summed E-state index contributed by atoms with van der Waals surface area (Å²) in [5.41, 5.74) is -0.415. The molecule has 0 heterocycles. The van der Waals surface area contributed by atoms with Crippen molar-refractivity contribution in [2.45, 2.75) is 20.8 Å². The van der Waals surface area contributed by atoms with Gasteiger partial charge in [-0.3, -0.25) is 4.79 Å². The molecule has 0 radical (unpaired) electrons. The molecule has 0 aliphatic heterocycles. The fourth-order valence-electron chi connectivity index (χ4n) is 0.217. The number of carbonyl (C=O) groups is 1. The van der Waals surface area contributed by atoms with Crippen LogP contribution in [0.3, 0.4) is 0 Å². The summed E-state index contributed by atoms with van der Waals surface area (Å²) in [7, 11) is 3.00. The van der Waals surface area contributed by atoms with E-state index >= 15 is 0 Å². The van der Waals surface area contributed by atoms with Crippen LogP contribution in [0.2, 0.25) is 0 Å². The van der Waals surface area contributed by atoms with Crippen LogP contribution >= 0.6 is 0 Å². The number of ether oxygens (including phenoxy) is 1. The molecule has 0 unspecified atom stereocenters. The van der Waals surface area contributed by atoms with Gasteiger partial charge in [0.05, 0.1) is 5.41 Å². The van der Waals surface area contributed by atoms with Crippen molar-refractivity contribution < 1.29 is 26.6 Å². The molecule has 0 N–H and O–H groups in total. The van der Waals surface area contributed by atoms with Crippen LogP contribution < -0.4 is 0 Å². The quantitative estimate of drug-likeness (QED) is 0.312. The maximum absolute atomic E-state index is 10.5. The van der Waals surface area contributed by atoms with Crippen LogP contribution in [0, 0.1) is 12.5 Å². The average molecular weight is 171 g/mol. The van der Waals surface area contributed by atoms with Crippen molar-refractivity contribution in [1.82, 2.24) is 0 Å². The molecule has 0 aromatic rings. The first-order valence-electron chi connectivity index (χ1n) is 2.45. The van der Waals surface area contributed by atoms with Crippen LogP contribution in [0.5, 0.6) is 0 Å². The number of hydrogen-bond acceptors (Lipinski definition) is 2. The Morgan fingerprint density at radius 3 is 1.78 bits per heavy atom. The summed E-state index contributed by atoms with van der Waals surface area (Å²) in [5, 5.41) is 0. The third kappa shape index (κ3) is 4.49.